The van der Waals surface area contributed by atoms with Crippen molar-refractivity contribution in [1.82, 2.24) is 5.48 Å². The molecule has 1 rings (SSSR count). The summed E-state index contributed by atoms with van der Waals surface area (Å²) in [6, 6.07) is 0. The van der Waals surface area contributed by atoms with Gasteiger partial charge in [0.25, 0.3) is 0 Å². The lowest BCUT2D eigenvalue weighted by Gasteiger charge is -2.01. The van der Waals surface area contributed by atoms with Crippen LogP contribution in [0.4, 0.5) is 0 Å². The molecule has 1 aliphatic heterocycles. The predicted molar refractivity (Wildman–Crippen MR) is 24.3 cm³/mol. The minimum Gasteiger partial charge on any atom is -0.376 e. The number of hydrogen-bond donors (Lipinski definition) is 2. The number of aliphatic hydroxyl groups excluding tert-OH is 1. The van der Waals surface area contributed by atoms with Crippen LogP contribution in [0.1, 0.15) is 6.92 Å². The third-order valence-corrected chi connectivity index (χ3v) is 1.09. The topological polar surface area (TPSA) is 41.5 Å². The molecule has 42 valence electrons. The number of hydrogen-bond acceptors (Lipinski definition) is 3. The molecule has 0 saturated carbocycles. The highest BCUT2D eigenvalue weighted by molar-refractivity contribution is 4.61. The summed E-state index contributed by atoms with van der Waals surface area (Å²) in [6.07, 6.45) is -0.458. The van der Waals surface area contributed by atoms with E-state index in [9.17, 15) is 0 Å². The number of rotatable bonds is 0. The summed E-state index contributed by atoms with van der Waals surface area (Å²) >= 11 is 0. The Morgan fingerprint density at radius 1 is 1.86 bits per heavy atom. The molecule has 2 atom stereocenters. The van der Waals surface area contributed by atoms with Gasteiger partial charge in [0.05, 0.1) is 6.61 Å². The molecule has 0 spiro atoms. The van der Waals surface area contributed by atoms with Gasteiger partial charge in [-0.2, -0.15) is 5.48 Å². The van der Waals surface area contributed by atoms with Crippen molar-refractivity contribution in [3.8, 4) is 0 Å². The summed E-state index contributed by atoms with van der Waals surface area (Å²) in [6.45, 7) is 2.53. The predicted octanol–water partition coefficient (Wildman–Crippen LogP) is -0.524. The van der Waals surface area contributed by atoms with E-state index in [-0.39, 0.29) is 5.92 Å². The fourth-order valence-corrected chi connectivity index (χ4v) is 0.472. The minimum atomic E-state index is -0.458. The third kappa shape index (κ3) is 0.907. The molecule has 0 amide bonds. The largest absolute Gasteiger partial charge is 0.376 e. The summed E-state index contributed by atoms with van der Waals surface area (Å²) in [4.78, 5) is 4.67. The zero-order valence-electron chi connectivity index (χ0n) is 4.22. The Balaban J connectivity index is 2.33. The number of aliphatic hydroxyl groups is 1. The van der Waals surface area contributed by atoms with Crippen molar-refractivity contribution in [3.05, 3.63) is 0 Å². The first kappa shape index (κ1) is 5.03. The van der Waals surface area contributed by atoms with Crippen LogP contribution in [0.3, 0.4) is 0 Å². The van der Waals surface area contributed by atoms with Crippen molar-refractivity contribution in [1.29, 1.82) is 0 Å². The van der Waals surface area contributed by atoms with Gasteiger partial charge in [0.1, 0.15) is 6.23 Å². The Kier molecular flexibility index (Phi) is 1.27. The minimum absolute atomic E-state index is 0.236. The summed E-state index contributed by atoms with van der Waals surface area (Å²) < 4.78 is 0. The second kappa shape index (κ2) is 1.78. The van der Waals surface area contributed by atoms with Crippen LogP contribution in [0.15, 0.2) is 0 Å². The van der Waals surface area contributed by atoms with Crippen LogP contribution < -0.4 is 5.48 Å². The first-order chi connectivity index (χ1) is 3.30. The highest BCUT2D eigenvalue weighted by Gasteiger charge is 2.20. The standard InChI is InChI=1S/C4H9NO2/c1-3-2-7-5-4(3)6/h3-6H,2H2,1H3. The fraction of sp³-hybridized carbons (Fsp3) is 1.00. The van der Waals surface area contributed by atoms with E-state index in [2.05, 4.69) is 10.3 Å². The van der Waals surface area contributed by atoms with Crippen molar-refractivity contribution in [2.24, 2.45) is 5.92 Å². The van der Waals surface area contributed by atoms with Crippen LogP contribution >= 0.6 is 0 Å². The first-order valence-electron chi connectivity index (χ1n) is 2.36. The molecule has 0 radical (unpaired) electrons. The summed E-state index contributed by atoms with van der Waals surface area (Å²) in [7, 11) is 0. The molecule has 3 heteroatoms. The fourth-order valence-electron chi connectivity index (χ4n) is 0.472. The maximum atomic E-state index is 8.76. The Labute approximate surface area is 42.2 Å². The van der Waals surface area contributed by atoms with Crippen molar-refractivity contribution < 1.29 is 9.94 Å². The molecule has 3 nitrogen and oxygen atoms in total. The van der Waals surface area contributed by atoms with Crippen molar-refractivity contribution in [3.63, 3.8) is 0 Å². The van der Waals surface area contributed by atoms with Gasteiger partial charge in [-0.1, -0.05) is 6.92 Å². The molecule has 7 heavy (non-hydrogen) atoms. The van der Waals surface area contributed by atoms with E-state index in [1.54, 1.807) is 0 Å². The molecule has 0 aromatic carbocycles. The normalized spacial score (nSPS) is 42.0. The lowest BCUT2D eigenvalue weighted by Crippen LogP contribution is -2.23. The Bertz CT molecular complexity index is 58.7. The highest BCUT2D eigenvalue weighted by atomic mass is 16.7. The Morgan fingerprint density at radius 2 is 2.57 bits per heavy atom. The van der Waals surface area contributed by atoms with E-state index in [4.69, 9.17) is 5.11 Å². The third-order valence-electron chi connectivity index (χ3n) is 1.09. The van der Waals surface area contributed by atoms with E-state index in [1.165, 1.54) is 0 Å². The molecule has 0 aromatic rings. The molecule has 2 unspecified atom stereocenters. The van der Waals surface area contributed by atoms with Gasteiger partial charge in [0.15, 0.2) is 0 Å². The van der Waals surface area contributed by atoms with Crippen molar-refractivity contribution in [2.45, 2.75) is 13.2 Å². The van der Waals surface area contributed by atoms with E-state index in [0.717, 1.165) is 0 Å². The Hall–Kier alpha value is -0.120. The average Bonchev–Trinajstić information content (AvgIpc) is 1.91. The van der Waals surface area contributed by atoms with Gasteiger partial charge in [-0.25, -0.2) is 0 Å². The van der Waals surface area contributed by atoms with Crippen LogP contribution in [-0.4, -0.2) is 17.9 Å². The second-order valence-corrected chi connectivity index (χ2v) is 1.85. The van der Waals surface area contributed by atoms with Crippen molar-refractivity contribution in [2.75, 3.05) is 6.61 Å². The molecule has 0 aromatic heterocycles. The summed E-state index contributed by atoms with van der Waals surface area (Å²) in [5.41, 5.74) is 2.42. The zero-order chi connectivity index (χ0) is 5.28. The molecule has 0 bridgehead atoms. The van der Waals surface area contributed by atoms with Gasteiger partial charge in [-0.3, -0.25) is 4.84 Å². The molecule has 1 fully saturated rings. The maximum Gasteiger partial charge on any atom is 0.131 e. The van der Waals surface area contributed by atoms with Crippen LogP contribution in [0.5, 0.6) is 0 Å². The second-order valence-electron chi connectivity index (χ2n) is 1.85. The lowest BCUT2D eigenvalue weighted by atomic mass is 10.2. The van der Waals surface area contributed by atoms with Gasteiger partial charge in [-0.05, 0) is 0 Å². The van der Waals surface area contributed by atoms with E-state index in [0.29, 0.717) is 6.61 Å². The molecule has 1 saturated heterocycles. The lowest BCUT2D eigenvalue weighted by molar-refractivity contribution is 0.0224. The SMILES string of the molecule is CC1CONC1O. The molecule has 1 heterocycles. The van der Waals surface area contributed by atoms with E-state index in [1.807, 2.05) is 6.92 Å². The van der Waals surface area contributed by atoms with Crippen LogP contribution in [0.25, 0.3) is 0 Å². The molecule has 0 aliphatic carbocycles. The van der Waals surface area contributed by atoms with E-state index >= 15 is 0 Å². The quantitative estimate of drug-likeness (QED) is 0.433. The van der Waals surface area contributed by atoms with Gasteiger partial charge in [0, 0.05) is 5.92 Å². The van der Waals surface area contributed by atoms with Gasteiger partial charge in [-0.15, -0.1) is 0 Å². The smallest absolute Gasteiger partial charge is 0.131 e. The van der Waals surface area contributed by atoms with Gasteiger partial charge < -0.3 is 5.11 Å². The number of nitrogens with one attached hydrogen (secondary N) is 1. The van der Waals surface area contributed by atoms with Crippen LogP contribution in [0, 0.1) is 5.92 Å². The molecule has 2 N–H and O–H groups in total. The zero-order valence-corrected chi connectivity index (χ0v) is 4.22. The Morgan fingerprint density at radius 3 is 2.71 bits per heavy atom. The summed E-state index contributed by atoms with van der Waals surface area (Å²) in [5, 5.41) is 8.76. The first-order valence-corrected chi connectivity index (χ1v) is 2.36. The van der Waals surface area contributed by atoms with Crippen LogP contribution in [0.2, 0.25) is 0 Å². The molecular formula is C4H9NO2. The van der Waals surface area contributed by atoms with Crippen molar-refractivity contribution >= 4 is 0 Å². The molecule has 1 aliphatic rings. The number of hydroxylamine groups is 1. The average molecular weight is 103 g/mol. The molecular weight excluding hydrogens is 94.0 g/mol. The maximum absolute atomic E-state index is 8.76. The summed E-state index contributed by atoms with van der Waals surface area (Å²) in [5.74, 6) is 0.236. The van der Waals surface area contributed by atoms with Gasteiger partial charge in [0.2, 0.25) is 0 Å². The monoisotopic (exact) mass is 103 g/mol. The van der Waals surface area contributed by atoms with E-state index < -0.39 is 6.23 Å². The highest BCUT2D eigenvalue weighted by Crippen LogP contribution is 2.05. The van der Waals surface area contributed by atoms with Gasteiger partial charge >= 0.3 is 0 Å². The van der Waals surface area contributed by atoms with Crippen LogP contribution in [-0.2, 0) is 4.84 Å².